The van der Waals surface area contributed by atoms with Crippen LogP contribution in [0.25, 0.3) is 10.9 Å². The Morgan fingerprint density at radius 2 is 2.10 bits per heavy atom. The van der Waals surface area contributed by atoms with E-state index in [2.05, 4.69) is 33.5 Å². The summed E-state index contributed by atoms with van der Waals surface area (Å²) in [6.07, 6.45) is 1.97. The number of rotatable bonds is 2. The van der Waals surface area contributed by atoms with E-state index >= 15 is 0 Å². The smallest absolute Gasteiger partial charge is 0.256 e. The Balaban J connectivity index is 2.04. The molecule has 5 heteroatoms. The van der Waals surface area contributed by atoms with Crippen molar-refractivity contribution in [1.82, 2.24) is 9.47 Å². The summed E-state index contributed by atoms with van der Waals surface area (Å²) in [5.74, 6) is 0.104. The molecule has 1 aliphatic heterocycles. The molecule has 0 saturated carbocycles. The number of hydrogen-bond donors (Lipinski definition) is 0. The third-order valence-corrected chi connectivity index (χ3v) is 4.21. The molecule has 0 atom stereocenters. The van der Waals surface area contributed by atoms with E-state index in [9.17, 15) is 4.79 Å². The zero-order valence-corrected chi connectivity index (χ0v) is 13.0. The summed E-state index contributed by atoms with van der Waals surface area (Å²) in [7, 11) is 0. The molecule has 0 aliphatic carbocycles. The number of morpholine rings is 1. The van der Waals surface area contributed by atoms with E-state index in [1.54, 1.807) is 0 Å². The van der Waals surface area contributed by atoms with Gasteiger partial charge in [-0.15, -0.1) is 0 Å². The summed E-state index contributed by atoms with van der Waals surface area (Å²) in [5.41, 5.74) is 1.88. The van der Waals surface area contributed by atoms with Crippen molar-refractivity contribution in [3.63, 3.8) is 0 Å². The van der Waals surface area contributed by atoms with Gasteiger partial charge in [-0.05, 0) is 19.1 Å². The maximum Gasteiger partial charge on any atom is 0.256 e. The van der Waals surface area contributed by atoms with Gasteiger partial charge in [0.1, 0.15) is 0 Å². The van der Waals surface area contributed by atoms with E-state index < -0.39 is 0 Å². The fourth-order valence-electron chi connectivity index (χ4n) is 2.63. The van der Waals surface area contributed by atoms with Crippen molar-refractivity contribution in [2.24, 2.45) is 0 Å². The van der Waals surface area contributed by atoms with Crippen LogP contribution >= 0.6 is 15.9 Å². The molecule has 0 unspecified atom stereocenters. The summed E-state index contributed by atoms with van der Waals surface area (Å²) in [4.78, 5) is 14.5. The molecule has 3 rings (SSSR count). The molecule has 1 amide bonds. The first-order valence-corrected chi connectivity index (χ1v) is 7.65. The number of carbonyl (C=O) groups excluding carboxylic acids is 1. The topological polar surface area (TPSA) is 34.5 Å². The summed E-state index contributed by atoms with van der Waals surface area (Å²) in [6, 6.07) is 6.06. The van der Waals surface area contributed by atoms with Crippen LogP contribution in [0.2, 0.25) is 0 Å². The van der Waals surface area contributed by atoms with Crippen LogP contribution in [0, 0.1) is 0 Å². The number of halogens is 1. The molecule has 0 radical (unpaired) electrons. The van der Waals surface area contributed by atoms with Crippen molar-refractivity contribution in [2.45, 2.75) is 13.5 Å². The van der Waals surface area contributed by atoms with E-state index in [0.29, 0.717) is 26.3 Å². The molecule has 20 heavy (non-hydrogen) atoms. The number of ether oxygens (including phenoxy) is 1. The SMILES string of the molecule is CCn1cc(C(=O)N2CCOCC2)c2ccc(Br)cc21. The van der Waals surface area contributed by atoms with E-state index in [0.717, 1.165) is 27.5 Å². The summed E-state index contributed by atoms with van der Waals surface area (Å²) in [5, 5.41) is 1.02. The van der Waals surface area contributed by atoms with Gasteiger partial charge in [0, 0.05) is 41.2 Å². The fraction of sp³-hybridized carbons (Fsp3) is 0.400. The van der Waals surface area contributed by atoms with Crippen molar-refractivity contribution in [3.05, 3.63) is 34.4 Å². The number of amides is 1. The number of aryl methyl sites for hydroxylation is 1. The number of nitrogens with zero attached hydrogens (tertiary/aromatic N) is 2. The fourth-order valence-corrected chi connectivity index (χ4v) is 2.98. The monoisotopic (exact) mass is 336 g/mol. The van der Waals surface area contributed by atoms with Crippen LogP contribution < -0.4 is 0 Å². The van der Waals surface area contributed by atoms with Gasteiger partial charge in [-0.3, -0.25) is 4.79 Å². The molecule has 4 nitrogen and oxygen atoms in total. The maximum absolute atomic E-state index is 12.7. The Labute approximate surface area is 126 Å². The Hall–Kier alpha value is -1.33. The average molecular weight is 337 g/mol. The van der Waals surface area contributed by atoms with Crippen LogP contribution in [0.15, 0.2) is 28.9 Å². The van der Waals surface area contributed by atoms with Crippen molar-refractivity contribution in [2.75, 3.05) is 26.3 Å². The Morgan fingerprint density at radius 1 is 1.35 bits per heavy atom. The van der Waals surface area contributed by atoms with E-state index in [4.69, 9.17) is 4.74 Å². The predicted octanol–water partition coefficient (Wildman–Crippen LogP) is 2.90. The van der Waals surface area contributed by atoms with Crippen LogP contribution in [0.4, 0.5) is 0 Å². The Morgan fingerprint density at radius 3 is 2.80 bits per heavy atom. The average Bonchev–Trinajstić information content (AvgIpc) is 2.85. The molecule has 1 saturated heterocycles. The van der Waals surface area contributed by atoms with Crippen molar-refractivity contribution >= 4 is 32.7 Å². The number of aromatic nitrogens is 1. The predicted molar refractivity (Wildman–Crippen MR) is 82.0 cm³/mol. The largest absolute Gasteiger partial charge is 0.378 e. The number of carbonyl (C=O) groups is 1. The highest BCUT2D eigenvalue weighted by Gasteiger charge is 2.22. The lowest BCUT2D eigenvalue weighted by atomic mass is 10.1. The molecule has 1 fully saturated rings. The van der Waals surface area contributed by atoms with Crippen LogP contribution in [0.5, 0.6) is 0 Å². The lowest BCUT2D eigenvalue weighted by molar-refractivity contribution is 0.0304. The minimum Gasteiger partial charge on any atom is -0.378 e. The third-order valence-electron chi connectivity index (χ3n) is 3.71. The molecular weight excluding hydrogens is 320 g/mol. The zero-order chi connectivity index (χ0) is 14.1. The lowest BCUT2D eigenvalue weighted by Crippen LogP contribution is -2.40. The lowest BCUT2D eigenvalue weighted by Gasteiger charge is -2.26. The second kappa shape index (κ2) is 5.58. The van der Waals surface area contributed by atoms with Gasteiger partial charge in [-0.1, -0.05) is 22.0 Å². The zero-order valence-electron chi connectivity index (χ0n) is 11.4. The Bertz CT molecular complexity index is 645. The molecule has 106 valence electrons. The van der Waals surface area contributed by atoms with Gasteiger partial charge in [0.05, 0.1) is 18.8 Å². The van der Waals surface area contributed by atoms with Gasteiger partial charge in [-0.2, -0.15) is 0 Å². The van der Waals surface area contributed by atoms with Crippen molar-refractivity contribution in [1.29, 1.82) is 0 Å². The molecule has 1 aliphatic rings. The summed E-state index contributed by atoms with van der Waals surface area (Å²) in [6.45, 7) is 5.54. The first-order chi connectivity index (χ1) is 9.70. The highest BCUT2D eigenvalue weighted by atomic mass is 79.9. The third kappa shape index (κ3) is 2.36. The van der Waals surface area contributed by atoms with Crippen LogP contribution in [0.1, 0.15) is 17.3 Å². The van der Waals surface area contributed by atoms with Gasteiger partial charge in [-0.25, -0.2) is 0 Å². The second-order valence-electron chi connectivity index (χ2n) is 4.89. The molecule has 2 aromatic rings. The summed E-state index contributed by atoms with van der Waals surface area (Å²) >= 11 is 3.49. The normalized spacial score (nSPS) is 15.8. The van der Waals surface area contributed by atoms with Crippen LogP contribution in [-0.4, -0.2) is 41.7 Å². The van der Waals surface area contributed by atoms with Crippen molar-refractivity contribution < 1.29 is 9.53 Å². The van der Waals surface area contributed by atoms with E-state index in [-0.39, 0.29) is 5.91 Å². The molecule has 0 spiro atoms. The summed E-state index contributed by atoms with van der Waals surface area (Å²) < 4.78 is 8.46. The maximum atomic E-state index is 12.7. The van der Waals surface area contributed by atoms with E-state index in [1.807, 2.05) is 23.2 Å². The Kier molecular flexibility index (Phi) is 3.81. The molecule has 2 heterocycles. The van der Waals surface area contributed by atoms with Crippen LogP contribution in [-0.2, 0) is 11.3 Å². The number of fused-ring (bicyclic) bond motifs is 1. The molecular formula is C15H17BrN2O2. The minimum atomic E-state index is 0.104. The first-order valence-electron chi connectivity index (χ1n) is 6.86. The first kappa shape index (κ1) is 13.6. The van der Waals surface area contributed by atoms with Gasteiger partial charge in [0.2, 0.25) is 0 Å². The van der Waals surface area contributed by atoms with Gasteiger partial charge in [0.25, 0.3) is 5.91 Å². The van der Waals surface area contributed by atoms with E-state index in [1.165, 1.54) is 0 Å². The highest BCUT2D eigenvalue weighted by Crippen LogP contribution is 2.26. The highest BCUT2D eigenvalue weighted by molar-refractivity contribution is 9.10. The molecule has 0 N–H and O–H groups in total. The molecule has 0 bridgehead atoms. The van der Waals surface area contributed by atoms with Gasteiger partial charge < -0.3 is 14.2 Å². The minimum absolute atomic E-state index is 0.104. The number of hydrogen-bond acceptors (Lipinski definition) is 2. The quantitative estimate of drug-likeness (QED) is 0.845. The van der Waals surface area contributed by atoms with Gasteiger partial charge >= 0.3 is 0 Å². The van der Waals surface area contributed by atoms with Gasteiger partial charge in [0.15, 0.2) is 0 Å². The number of benzene rings is 1. The van der Waals surface area contributed by atoms with Crippen molar-refractivity contribution in [3.8, 4) is 0 Å². The standard InChI is InChI=1S/C15H17BrN2O2/c1-2-17-10-13(12-4-3-11(16)9-14(12)17)15(19)18-5-7-20-8-6-18/h3-4,9-10H,2,5-8H2,1H3. The van der Waals surface area contributed by atoms with Crippen LogP contribution in [0.3, 0.4) is 0 Å². The molecule has 1 aromatic carbocycles. The second-order valence-corrected chi connectivity index (χ2v) is 5.81. The molecule has 1 aromatic heterocycles.